The summed E-state index contributed by atoms with van der Waals surface area (Å²) in [6, 6.07) is 4.34. The minimum absolute atomic E-state index is 0.0699. The second-order valence-corrected chi connectivity index (χ2v) is 4.98. The molecule has 1 aliphatic heterocycles. The molecule has 4 N–H and O–H groups in total. The number of carbonyl (C=O) groups excluding carboxylic acids is 2. The molecule has 2 atom stereocenters. The van der Waals surface area contributed by atoms with E-state index >= 15 is 0 Å². The smallest absolute Gasteiger partial charge is 0.378 e. The first-order valence-electron chi connectivity index (χ1n) is 7.07. The second-order valence-electron chi connectivity index (χ2n) is 4.98. The Morgan fingerprint density at radius 3 is 2.76 bits per heavy atom. The van der Waals surface area contributed by atoms with Crippen LogP contribution in [0.1, 0.15) is 5.56 Å². The van der Waals surface area contributed by atoms with Crippen LogP contribution in [0.4, 0.5) is 0 Å². The van der Waals surface area contributed by atoms with Gasteiger partial charge in [0.05, 0.1) is 13.7 Å². The molecule has 0 unspecified atom stereocenters. The molecule has 2 rings (SSSR count). The molecule has 0 aliphatic carbocycles. The zero-order valence-corrected chi connectivity index (χ0v) is 13.1. The van der Waals surface area contributed by atoms with Crippen molar-refractivity contribution in [2.45, 2.75) is 12.2 Å². The number of rotatable bonds is 6. The van der Waals surface area contributed by atoms with Gasteiger partial charge in [0, 0.05) is 6.08 Å². The van der Waals surface area contributed by atoms with Crippen molar-refractivity contribution in [1.82, 2.24) is 0 Å². The normalized spacial score (nSPS) is 18.4. The summed E-state index contributed by atoms with van der Waals surface area (Å²) in [5, 5.41) is 37.5. The van der Waals surface area contributed by atoms with Gasteiger partial charge in [0.2, 0.25) is 0 Å². The largest absolute Gasteiger partial charge is 0.505 e. The molecule has 0 aromatic heterocycles. The minimum Gasteiger partial charge on any atom is -0.505 e. The van der Waals surface area contributed by atoms with Crippen LogP contribution in [-0.4, -0.2) is 58.3 Å². The van der Waals surface area contributed by atoms with Crippen LogP contribution in [-0.2, 0) is 19.1 Å². The molecule has 1 heterocycles. The summed E-state index contributed by atoms with van der Waals surface area (Å²) < 4.78 is 14.3. The van der Waals surface area contributed by atoms with Gasteiger partial charge in [0.15, 0.2) is 23.4 Å². The first-order valence-corrected chi connectivity index (χ1v) is 7.07. The SMILES string of the molecule is COc1cc(C=CC(=O)OC2=C(O)[C@@H]([C@@H](O)CO)OC2=O)ccc1O. The average molecular weight is 352 g/mol. The van der Waals surface area contributed by atoms with Gasteiger partial charge in [-0.1, -0.05) is 6.07 Å². The number of ether oxygens (including phenoxy) is 3. The zero-order chi connectivity index (χ0) is 18.6. The van der Waals surface area contributed by atoms with E-state index in [0.717, 1.165) is 6.08 Å². The van der Waals surface area contributed by atoms with Crippen LogP contribution in [0.3, 0.4) is 0 Å². The fourth-order valence-corrected chi connectivity index (χ4v) is 2.01. The summed E-state index contributed by atoms with van der Waals surface area (Å²) in [5.74, 6) is -3.52. The van der Waals surface area contributed by atoms with Gasteiger partial charge in [-0.3, -0.25) is 0 Å². The third-order valence-electron chi connectivity index (χ3n) is 3.28. The maximum absolute atomic E-state index is 11.8. The van der Waals surface area contributed by atoms with Crippen LogP contribution >= 0.6 is 0 Å². The highest BCUT2D eigenvalue weighted by molar-refractivity contribution is 5.96. The number of aliphatic hydroxyl groups is 3. The lowest BCUT2D eigenvalue weighted by Crippen LogP contribution is -2.31. The number of benzene rings is 1. The Morgan fingerprint density at radius 2 is 2.12 bits per heavy atom. The molecule has 0 fully saturated rings. The Hall–Kier alpha value is -3.04. The fourth-order valence-electron chi connectivity index (χ4n) is 2.01. The van der Waals surface area contributed by atoms with Gasteiger partial charge in [0.25, 0.3) is 5.76 Å². The van der Waals surface area contributed by atoms with Gasteiger partial charge >= 0.3 is 11.9 Å². The van der Waals surface area contributed by atoms with Gasteiger partial charge in [-0.05, 0) is 23.8 Å². The van der Waals surface area contributed by atoms with Gasteiger partial charge in [-0.25, -0.2) is 9.59 Å². The molecule has 9 nitrogen and oxygen atoms in total. The molecule has 0 bridgehead atoms. The molecular weight excluding hydrogens is 336 g/mol. The standard InChI is InChI=1S/C16H16O9/c1-23-11-6-8(2-4-9(11)18)3-5-12(20)24-15-13(21)14(10(19)7-17)25-16(15)22/h2-6,10,14,17-19,21H,7H2,1H3/t10-,14+/m0/s1. The summed E-state index contributed by atoms with van der Waals surface area (Å²) in [5.41, 5.74) is 0.507. The number of aliphatic hydroxyl groups excluding tert-OH is 3. The van der Waals surface area contributed by atoms with E-state index in [1.165, 1.54) is 31.4 Å². The van der Waals surface area contributed by atoms with E-state index in [4.69, 9.17) is 14.6 Å². The number of esters is 2. The van der Waals surface area contributed by atoms with Gasteiger partial charge in [-0.2, -0.15) is 0 Å². The maximum atomic E-state index is 11.8. The number of cyclic esters (lactones) is 1. The van der Waals surface area contributed by atoms with Crippen molar-refractivity contribution >= 4 is 18.0 Å². The van der Waals surface area contributed by atoms with Crippen molar-refractivity contribution in [3.05, 3.63) is 41.4 Å². The third kappa shape index (κ3) is 4.08. The molecular formula is C16H16O9. The Bertz CT molecular complexity index is 735. The lowest BCUT2D eigenvalue weighted by Gasteiger charge is -2.13. The minimum atomic E-state index is -1.54. The topological polar surface area (TPSA) is 143 Å². The quantitative estimate of drug-likeness (QED) is 0.411. The number of phenolic OH excluding ortho intramolecular Hbond substituents is 1. The molecule has 0 saturated heterocycles. The van der Waals surface area contributed by atoms with Gasteiger partial charge < -0.3 is 34.6 Å². The molecule has 1 aliphatic rings. The number of aromatic hydroxyl groups is 1. The Morgan fingerprint density at radius 1 is 1.40 bits per heavy atom. The molecule has 0 spiro atoms. The lowest BCUT2D eigenvalue weighted by atomic mass is 10.2. The zero-order valence-electron chi connectivity index (χ0n) is 13.1. The van der Waals surface area contributed by atoms with Crippen LogP contribution in [0.5, 0.6) is 11.5 Å². The number of methoxy groups -OCH3 is 1. The van der Waals surface area contributed by atoms with E-state index in [1.54, 1.807) is 0 Å². The van der Waals surface area contributed by atoms with E-state index in [0.29, 0.717) is 5.56 Å². The first-order chi connectivity index (χ1) is 11.9. The summed E-state index contributed by atoms with van der Waals surface area (Å²) in [6.45, 7) is -0.758. The van der Waals surface area contributed by atoms with Crippen LogP contribution in [0, 0.1) is 0 Å². The van der Waals surface area contributed by atoms with E-state index in [9.17, 15) is 24.9 Å². The number of carbonyl (C=O) groups is 2. The van der Waals surface area contributed by atoms with Crippen LogP contribution in [0.2, 0.25) is 0 Å². The molecule has 0 amide bonds. The molecule has 25 heavy (non-hydrogen) atoms. The Kier molecular flexibility index (Phi) is 5.63. The first kappa shape index (κ1) is 18.3. The van der Waals surface area contributed by atoms with E-state index in [1.807, 2.05) is 0 Å². The molecule has 9 heteroatoms. The number of phenols is 1. The summed E-state index contributed by atoms with van der Waals surface area (Å²) in [7, 11) is 1.37. The average Bonchev–Trinajstić information content (AvgIpc) is 2.88. The molecule has 0 saturated carbocycles. The molecule has 134 valence electrons. The van der Waals surface area contributed by atoms with Crippen molar-refractivity contribution in [2.24, 2.45) is 0 Å². The number of hydrogen-bond donors (Lipinski definition) is 4. The van der Waals surface area contributed by atoms with Gasteiger partial charge in [0.1, 0.15) is 6.10 Å². The van der Waals surface area contributed by atoms with Crippen LogP contribution in [0.15, 0.2) is 35.8 Å². The monoisotopic (exact) mass is 352 g/mol. The molecule has 0 radical (unpaired) electrons. The Labute approximate surface area is 142 Å². The molecule has 1 aromatic rings. The molecule has 1 aromatic carbocycles. The van der Waals surface area contributed by atoms with Crippen molar-refractivity contribution in [3.63, 3.8) is 0 Å². The summed E-state index contributed by atoms with van der Waals surface area (Å²) >= 11 is 0. The van der Waals surface area contributed by atoms with E-state index in [2.05, 4.69) is 4.74 Å². The van der Waals surface area contributed by atoms with Crippen molar-refractivity contribution in [3.8, 4) is 11.5 Å². The summed E-state index contributed by atoms with van der Waals surface area (Å²) in [4.78, 5) is 23.3. The van der Waals surface area contributed by atoms with Crippen molar-refractivity contribution in [1.29, 1.82) is 0 Å². The van der Waals surface area contributed by atoms with Gasteiger partial charge in [-0.15, -0.1) is 0 Å². The number of hydrogen-bond acceptors (Lipinski definition) is 9. The maximum Gasteiger partial charge on any atom is 0.378 e. The van der Waals surface area contributed by atoms with Crippen LogP contribution in [0.25, 0.3) is 6.08 Å². The van der Waals surface area contributed by atoms with E-state index < -0.39 is 42.3 Å². The van der Waals surface area contributed by atoms with Crippen molar-refractivity contribution in [2.75, 3.05) is 13.7 Å². The highest BCUT2D eigenvalue weighted by Crippen LogP contribution is 2.27. The van der Waals surface area contributed by atoms with Crippen LogP contribution < -0.4 is 4.74 Å². The third-order valence-corrected chi connectivity index (χ3v) is 3.28. The predicted octanol–water partition coefficient (Wildman–Crippen LogP) is 0.00540. The van der Waals surface area contributed by atoms with E-state index in [-0.39, 0.29) is 11.5 Å². The predicted molar refractivity (Wildman–Crippen MR) is 82.4 cm³/mol. The summed E-state index contributed by atoms with van der Waals surface area (Å²) in [6.07, 6.45) is -0.719. The van der Waals surface area contributed by atoms with Crippen molar-refractivity contribution < 1.29 is 44.2 Å². The Balaban J connectivity index is 2.09. The highest BCUT2D eigenvalue weighted by atomic mass is 16.6. The lowest BCUT2D eigenvalue weighted by molar-refractivity contribution is -0.151. The fraction of sp³-hybridized carbons (Fsp3) is 0.250. The highest BCUT2D eigenvalue weighted by Gasteiger charge is 2.41. The second kappa shape index (κ2) is 7.69.